The molecule has 0 aliphatic carbocycles. The number of carbonyl (C=O) groups is 1. The molecule has 6 nitrogen and oxygen atoms in total. The number of thiazole rings is 1. The molecule has 2 aliphatic rings. The summed E-state index contributed by atoms with van der Waals surface area (Å²) in [6, 6.07) is 0. The van der Waals surface area contributed by atoms with E-state index in [2.05, 4.69) is 20.1 Å². The Morgan fingerprint density at radius 2 is 2.05 bits per heavy atom. The van der Waals surface area contributed by atoms with Crippen molar-refractivity contribution in [3.63, 3.8) is 0 Å². The monoisotopic (exact) mass is 309 g/mol. The van der Waals surface area contributed by atoms with E-state index in [1.165, 1.54) is 0 Å². The molecule has 1 amide bonds. The molecule has 3 heterocycles. The lowest BCUT2D eigenvalue weighted by molar-refractivity contribution is -0.132. The van der Waals surface area contributed by atoms with Crippen LogP contribution in [0.3, 0.4) is 0 Å². The Bertz CT molecular complexity index is 436. The van der Waals surface area contributed by atoms with Crippen LogP contribution in [0.15, 0.2) is 11.6 Å². The molecule has 3 rings (SSSR count). The Balaban J connectivity index is 1.45. The summed E-state index contributed by atoms with van der Waals surface area (Å²) in [5.41, 5.74) is 0. The minimum atomic E-state index is 0.279. The van der Waals surface area contributed by atoms with Crippen LogP contribution >= 0.6 is 11.3 Å². The number of nitrogens with one attached hydrogen (secondary N) is 1. The molecule has 1 aromatic rings. The molecule has 1 aromatic heterocycles. The number of aromatic nitrogens is 1. The summed E-state index contributed by atoms with van der Waals surface area (Å²) in [4.78, 5) is 23.3. The predicted molar refractivity (Wildman–Crippen MR) is 84.8 cm³/mol. The van der Waals surface area contributed by atoms with Crippen LogP contribution in [0, 0.1) is 0 Å². The van der Waals surface area contributed by atoms with Gasteiger partial charge in [0.1, 0.15) is 0 Å². The Kier molecular flexibility index (Phi) is 5.05. The third-order valence-electron chi connectivity index (χ3n) is 4.11. The van der Waals surface area contributed by atoms with E-state index in [-0.39, 0.29) is 5.91 Å². The second-order valence-corrected chi connectivity index (χ2v) is 6.44. The number of anilines is 1. The van der Waals surface area contributed by atoms with Crippen molar-refractivity contribution in [3.8, 4) is 0 Å². The molecule has 1 N–H and O–H groups in total. The van der Waals surface area contributed by atoms with Gasteiger partial charge in [0.2, 0.25) is 5.91 Å². The largest absolute Gasteiger partial charge is 0.346 e. The highest BCUT2D eigenvalue weighted by molar-refractivity contribution is 7.13. The van der Waals surface area contributed by atoms with E-state index in [0.29, 0.717) is 6.54 Å². The number of hydrogen-bond donors (Lipinski definition) is 1. The van der Waals surface area contributed by atoms with E-state index >= 15 is 0 Å². The summed E-state index contributed by atoms with van der Waals surface area (Å²) < 4.78 is 0. The molecule has 2 aliphatic heterocycles. The minimum absolute atomic E-state index is 0.279. The highest BCUT2D eigenvalue weighted by Crippen LogP contribution is 2.18. The van der Waals surface area contributed by atoms with Gasteiger partial charge in [0.25, 0.3) is 0 Å². The van der Waals surface area contributed by atoms with Crippen LogP contribution in [0.25, 0.3) is 0 Å². The maximum atomic E-state index is 12.4. The van der Waals surface area contributed by atoms with Crippen LogP contribution in [0.4, 0.5) is 5.13 Å². The Labute approximate surface area is 129 Å². The first-order valence-corrected chi connectivity index (χ1v) is 8.56. The van der Waals surface area contributed by atoms with Gasteiger partial charge in [-0.15, -0.1) is 11.3 Å². The van der Waals surface area contributed by atoms with Gasteiger partial charge in [-0.05, 0) is 13.0 Å². The van der Waals surface area contributed by atoms with E-state index in [4.69, 9.17) is 0 Å². The lowest BCUT2D eigenvalue weighted by atomic mass is 10.3. The van der Waals surface area contributed by atoms with Crippen molar-refractivity contribution in [2.24, 2.45) is 0 Å². The molecule has 0 unspecified atom stereocenters. The van der Waals surface area contributed by atoms with E-state index in [1.54, 1.807) is 11.3 Å². The third-order valence-corrected chi connectivity index (χ3v) is 4.95. The molecule has 116 valence electrons. The number of hydrogen-bond acceptors (Lipinski definition) is 6. The molecule has 0 saturated carbocycles. The summed E-state index contributed by atoms with van der Waals surface area (Å²) >= 11 is 1.68. The number of amides is 1. The smallest absolute Gasteiger partial charge is 0.236 e. The molecule has 7 heteroatoms. The fourth-order valence-electron chi connectivity index (χ4n) is 2.86. The number of carbonyl (C=O) groups excluding carboxylic acids is 1. The van der Waals surface area contributed by atoms with Crippen LogP contribution in [0.5, 0.6) is 0 Å². The van der Waals surface area contributed by atoms with E-state index in [1.807, 2.05) is 16.5 Å². The zero-order chi connectivity index (χ0) is 14.5. The van der Waals surface area contributed by atoms with E-state index in [0.717, 1.165) is 63.9 Å². The lowest BCUT2D eigenvalue weighted by Gasteiger charge is -2.35. The van der Waals surface area contributed by atoms with Crippen molar-refractivity contribution in [1.82, 2.24) is 20.1 Å². The van der Waals surface area contributed by atoms with Gasteiger partial charge in [-0.25, -0.2) is 4.98 Å². The van der Waals surface area contributed by atoms with Crippen molar-refractivity contribution in [2.45, 2.75) is 6.42 Å². The highest BCUT2D eigenvalue weighted by Gasteiger charge is 2.23. The van der Waals surface area contributed by atoms with Gasteiger partial charge < -0.3 is 15.1 Å². The molecule has 0 spiro atoms. The van der Waals surface area contributed by atoms with Gasteiger partial charge in [-0.3, -0.25) is 9.69 Å². The van der Waals surface area contributed by atoms with Gasteiger partial charge in [0, 0.05) is 57.4 Å². The summed E-state index contributed by atoms with van der Waals surface area (Å²) in [6.45, 7) is 8.05. The molecule has 0 atom stereocenters. The van der Waals surface area contributed by atoms with Crippen LogP contribution in [-0.4, -0.2) is 79.6 Å². The van der Waals surface area contributed by atoms with Crippen LogP contribution in [-0.2, 0) is 4.79 Å². The van der Waals surface area contributed by atoms with Crippen LogP contribution in [0.1, 0.15) is 6.42 Å². The van der Waals surface area contributed by atoms with Crippen molar-refractivity contribution >= 4 is 22.4 Å². The molecule has 2 fully saturated rings. The summed E-state index contributed by atoms with van der Waals surface area (Å²) in [5.74, 6) is 0.279. The van der Waals surface area contributed by atoms with Gasteiger partial charge in [0.05, 0.1) is 6.54 Å². The number of piperazine rings is 1. The van der Waals surface area contributed by atoms with Crippen molar-refractivity contribution in [1.29, 1.82) is 0 Å². The maximum Gasteiger partial charge on any atom is 0.236 e. The molecule has 0 aromatic carbocycles. The summed E-state index contributed by atoms with van der Waals surface area (Å²) in [7, 11) is 0. The van der Waals surface area contributed by atoms with Crippen molar-refractivity contribution < 1.29 is 4.79 Å². The quantitative estimate of drug-likeness (QED) is 0.857. The van der Waals surface area contributed by atoms with Gasteiger partial charge >= 0.3 is 0 Å². The molecule has 2 saturated heterocycles. The average Bonchev–Trinajstić information content (AvgIpc) is 2.90. The maximum absolute atomic E-state index is 12.4. The average molecular weight is 309 g/mol. The normalized spacial score (nSPS) is 21.3. The fraction of sp³-hybridized carbons (Fsp3) is 0.714. The molecular formula is C14H23N5OS. The SMILES string of the molecule is O=C(CN1CCN(c2nccs2)CC1)N1CCCNCC1. The van der Waals surface area contributed by atoms with Crippen molar-refractivity contribution in [3.05, 3.63) is 11.6 Å². The fourth-order valence-corrected chi connectivity index (χ4v) is 3.55. The van der Waals surface area contributed by atoms with E-state index in [9.17, 15) is 4.79 Å². The van der Waals surface area contributed by atoms with Gasteiger partial charge in [0.15, 0.2) is 5.13 Å². The topological polar surface area (TPSA) is 51.7 Å². The predicted octanol–water partition coefficient (Wildman–Crippen LogP) is 0.0870. The molecule has 0 radical (unpaired) electrons. The standard InChI is InChI=1S/C14H23N5OS/c20-13(18-5-1-2-15-3-6-18)12-17-7-9-19(10-8-17)14-16-4-11-21-14/h4,11,15H,1-3,5-10,12H2. The molecule has 21 heavy (non-hydrogen) atoms. The summed E-state index contributed by atoms with van der Waals surface area (Å²) in [5, 5.41) is 6.45. The second-order valence-electron chi connectivity index (χ2n) is 5.56. The Morgan fingerprint density at radius 3 is 2.81 bits per heavy atom. The van der Waals surface area contributed by atoms with Gasteiger partial charge in [-0.1, -0.05) is 0 Å². The zero-order valence-corrected chi connectivity index (χ0v) is 13.1. The zero-order valence-electron chi connectivity index (χ0n) is 12.3. The number of nitrogens with zero attached hydrogens (tertiary/aromatic N) is 4. The number of rotatable bonds is 3. The minimum Gasteiger partial charge on any atom is -0.346 e. The molecular weight excluding hydrogens is 286 g/mol. The lowest BCUT2D eigenvalue weighted by Crippen LogP contribution is -2.50. The van der Waals surface area contributed by atoms with Crippen LogP contribution < -0.4 is 10.2 Å². The van der Waals surface area contributed by atoms with Crippen molar-refractivity contribution in [2.75, 3.05) is 63.8 Å². The second kappa shape index (κ2) is 7.20. The Hall–Kier alpha value is -1.18. The first kappa shape index (κ1) is 14.7. The van der Waals surface area contributed by atoms with Gasteiger partial charge in [-0.2, -0.15) is 0 Å². The first-order chi connectivity index (χ1) is 10.3. The highest BCUT2D eigenvalue weighted by atomic mass is 32.1. The Morgan fingerprint density at radius 1 is 1.19 bits per heavy atom. The summed E-state index contributed by atoms with van der Waals surface area (Å²) in [6.07, 6.45) is 2.91. The van der Waals surface area contributed by atoms with Crippen LogP contribution in [0.2, 0.25) is 0 Å². The first-order valence-electron chi connectivity index (χ1n) is 7.68. The van der Waals surface area contributed by atoms with E-state index < -0.39 is 0 Å². The third kappa shape index (κ3) is 3.93. The molecule has 0 bridgehead atoms.